The Kier molecular flexibility index (Phi) is 5.34. The number of aliphatic carboxylic acids is 1. The lowest BCUT2D eigenvalue weighted by molar-refractivity contribution is -0.139. The maximum absolute atomic E-state index is 13.5. The van der Waals surface area contributed by atoms with Gasteiger partial charge in [-0.05, 0) is 65.2 Å². The van der Waals surface area contributed by atoms with Crippen LogP contribution >= 0.6 is 15.9 Å². The number of carboxylic acid groups (broad SMARTS) is 1. The van der Waals surface area contributed by atoms with Gasteiger partial charge in [0.15, 0.2) is 0 Å². The predicted octanol–water partition coefficient (Wildman–Crippen LogP) is 3.01. The van der Waals surface area contributed by atoms with Gasteiger partial charge in [0.1, 0.15) is 5.82 Å². The second-order valence-corrected chi connectivity index (χ2v) is 7.57. The lowest BCUT2D eigenvalue weighted by atomic mass is 9.85. The smallest absolute Gasteiger partial charge is 0.317 e. The van der Waals surface area contributed by atoms with Gasteiger partial charge in [0.05, 0.1) is 11.0 Å². The SMILES string of the molecule is O=C(O)CN(CC1CC1)C1CC(NCc2ccc(Br)c(F)c2)C1. The fourth-order valence-electron chi connectivity index (χ4n) is 3.11. The van der Waals surface area contributed by atoms with Crippen molar-refractivity contribution in [2.75, 3.05) is 13.1 Å². The van der Waals surface area contributed by atoms with E-state index in [1.807, 2.05) is 6.07 Å². The van der Waals surface area contributed by atoms with E-state index in [1.165, 1.54) is 18.9 Å². The highest BCUT2D eigenvalue weighted by atomic mass is 79.9. The zero-order chi connectivity index (χ0) is 16.4. The minimum Gasteiger partial charge on any atom is -0.480 e. The average molecular weight is 385 g/mol. The Morgan fingerprint density at radius 3 is 2.74 bits per heavy atom. The number of halogens is 2. The van der Waals surface area contributed by atoms with E-state index in [0.717, 1.165) is 24.9 Å². The van der Waals surface area contributed by atoms with E-state index < -0.39 is 5.97 Å². The van der Waals surface area contributed by atoms with E-state index in [2.05, 4.69) is 26.1 Å². The second kappa shape index (κ2) is 7.28. The van der Waals surface area contributed by atoms with Gasteiger partial charge in [0.25, 0.3) is 0 Å². The summed E-state index contributed by atoms with van der Waals surface area (Å²) in [5, 5.41) is 12.5. The first kappa shape index (κ1) is 16.9. The fourth-order valence-corrected chi connectivity index (χ4v) is 3.36. The molecule has 0 amide bonds. The first-order chi connectivity index (χ1) is 11.0. The number of nitrogens with one attached hydrogen (secondary N) is 1. The van der Waals surface area contributed by atoms with E-state index in [4.69, 9.17) is 5.11 Å². The summed E-state index contributed by atoms with van der Waals surface area (Å²) >= 11 is 3.15. The summed E-state index contributed by atoms with van der Waals surface area (Å²) in [4.78, 5) is 13.1. The molecule has 2 saturated carbocycles. The molecule has 0 aliphatic heterocycles. The van der Waals surface area contributed by atoms with Crippen LogP contribution < -0.4 is 5.32 Å². The van der Waals surface area contributed by atoms with E-state index in [-0.39, 0.29) is 12.4 Å². The molecule has 23 heavy (non-hydrogen) atoms. The molecule has 1 aromatic carbocycles. The standard InChI is InChI=1S/C17H22BrFN2O2/c18-15-4-3-12(5-16(15)19)8-20-13-6-14(7-13)21(10-17(22)23)9-11-1-2-11/h3-5,11,13-14,20H,1-2,6-10H2,(H,22,23). The predicted molar refractivity (Wildman–Crippen MR) is 89.7 cm³/mol. The van der Waals surface area contributed by atoms with Crippen molar-refractivity contribution in [3.05, 3.63) is 34.1 Å². The number of benzene rings is 1. The van der Waals surface area contributed by atoms with Crippen molar-refractivity contribution in [1.29, 1.82) is 0 Å². The molecule has 2 aliphatic rings. The maximum Gasteiger partial charge on any atom is 0.317 e. The van der Waals surface area contributed by atoms with Gasteiger partial charge in [-0.25, -0.2) is 4.39 Å². The molecule has 0 spiro atoms. The Morgan fingerprint density at radius 1 is 1.39 bits per heavy atom. The summed E-state index contributed by atoms with van der Waals surface area (Å²) in [6, 6.07) is 5.92. The van der Waals surface area contributed by atoms with Crippen LogP contribution in [0, 0.1) is 11.7 Å². The van der Waals surface area contributed by atoms with Crippen LogP contribution in [0.5, 0.6) is 0 Å². The van der Waals surface area contributed by atoms with Gasteiger partial charge in [-0.3, -0.25) is 9.69 Å². The number of nitrogens with zero attached hydrogens (tertiary/aromatic N) is 1. The summed E-state index contributed by atoms with van der Waals surface area (Å²) in [5.41, 5.74) is 0.925. The van der Waals surface area contributed by atoms with Crippen molar-refractivity contribution in [3.63, 3.8) is 0 Å². The monoisotopic (exact) mass is 384 g/mol. The molecule has 2 aliphatic carbocycles. The highest BCUT2D eigenvalue weighted by molar-refractivity contribution is 9.10. The summed E-state index contributed by atoms with van der Waals surface area (Å²) in [7, 11) is 0. The molecule has 126 valence electrons. The lowest BCUT2D eigenvalue weighted by Gasteiger charge is -2.43. The highest BCUT2D eigenvalue weighted by Crippen LogP contribution is 2.33. The van der Waals surface area contributed by atoms with Crippen molar-refractivity contribution in [3.8, 4) is 0 Å². The summed E-state index contributed by atoms with van der Waals surface area (Å²) in [6.45, 7) is 1.70. The minimum absolute atomic E-state index is 0.145. The van der Waals surface area contributed by atoms with Crippen molar-refractivity contribution in [2.24, 2.45) is 5.92 Å². The van der Waals surface area contributed by atoms with Gasteiger partial charge in [0.2, 0.25) is 0 Å². The number of rotatable bonds is 8. The topological polar surface area (TPSA) is 52.6 Å². The van der Waals surface area contributed by atoms with Gasteiger partial charge >= 0.3 is 5.97 Å². The molecule has 0 aromatic heterocycles. The average Bonchev–Trinajstić information content (AvgIpc) is 3.24. The molecular formula is C17H22BrFN2O2. The van der Waals surface area contributed by atoms with E-state index >= 15 is 0 Å². The van der Waals surface area contributed by atoms with Crippen LogP contribution in [0.4, 0.5) is 4.39 Å². The van der Waals surface area contributed by atoms with Crippen LogP contribution in [-0.2, 0) is 11.3 Å². The third kappa shape index (κ3) is 4.75. The first-order valence-corrected chi connectivity index (χ1v) is 8.93. The van der Waals surface area contributed by atoms with Crippen LogP contribution in [0.2, 0.25) is 0 Å². The Hall–Kier alpha value is -0.980. The molecular weight excluding hydrogens is 363 g/mol. The Morgan fingerprint density at radius 2 is 2.13 bits per heavy atom. The van der Waals surface area contributed by atoms with Crippen LogP contribution in [0.15, 0.2) is 22.7 Å². The van der Waals surface area contributed by atoms with Crippen LogP contribution in [0.1, 0.15) is 31.2 Å². The van der Waals surface area contributed by atoms with Crippen LogP contribution in [-0.4, -0.2) is 41.1 Å². The number of carbonyl (C=O) groups is 1. The molecule has 3 rings (SSSR count). The minimum atomic E-state index is -0.743. The van der Waals surface area contributed by atoms with Crippen molar-refractivity contribution in [1.82, 2.24) is 10.2 Å². The molecule has 0 atom stereocenters. The number of hydrogen-bond acceptors (Lipinski definition) is 3. The molecule has 6 heteroatoms. The van der Waals surface area contributed by atoms with Crippen LogP contribution in [0.25, 0.3) is 0 Å². The molecule has 4 nitrogen and oxygen atoms in total. The molecule has 2 fully saturated rings. The zero-order valence-electron chi connectivity index (χ0n) is 13.0. The summed E-state index contributed by atoms with van der Waals surface area (Å²) in [6.07, 6.45) is 4.41. The largest absolute Gasteiger partial charge is 0.480 e. The van der Waals surface area contributed by atoms with Crippen LogP contribution in [0.3, 0.4) is 0 Å². The van der Waals surface area contributed by atoms with Gasteiger partial charge in [-0.15, -0.1) is 0 Å². The van der Waals surface area contributed by atoms with Crippen molar-refractivity contribution < 1.29 is 14.3 Å². The third-order valence-electron chi connectivity index (χ3n) is 4.74. The first-order valence-electron chi connectivity index (χ1n) is 8.14. The van der Waals surface area contributed by atoms with Gasteiger partial charge in [0, 0.05) is 25.2 Å². The second-order valence-electron chi connectivity index (χ2n) is 6.72. The molecule has 0 unspecified atom stereocenters. The van der Waals surface area contributed by atoms with Gasteiger partial charge in [-0.1, -0.05) is 6.07 Å². The molecule has 0 saturated heterocycles. The van der Waals surface area contributed by atoms with Gasteiger partial charge in [-0.2, -0.15) is 0 Å². The zero-order valence-corrected chi connectivity index (χ0v) is 14.6. The van der Waals surface area contributed by atoms with E-state index in [0.29, 0.717) is 29.0 Å². The number of carboxylic acids is 1. The van der Waals surface area contributed by atoms with E-state index in [1.54, 1.807) is 6.07 Å². The normalized spacial score (nSPS) is 23.8. The molecule has 1 aromatic rings. The summed E-state index contributed by atoms with van der Waals surface area (Å²) in [5.74, 6) is -0.285. The maximum atomic E-state index is 13.5. The molecule has 0 heterocycles. The Labute approximate surface area is 144 Å². The molecule has 0 radical (unpaired) electrons. The highest BCUT2D eigenvalue weighted by Gasteiger charge is 2.36. The fraction of sp³-hybridized carbons (Fsp3) is 0.588. The lowest BCUT2D eigenvalue weighted by Crippen LogP contribution is -2.54. The van der Waals surface area contributed by atoms with Crippen molar-refractivity contribution >= 4 is 21.9 Å². The van der Waals surface area contributed by atoms with E-state index in [9.17, 15) is 9.18 Å². The third-order valence-corrected chi connectivity index (χ3v) is 5.38. The Bertz CT molecular complexity index is 574. The molecule has 2 N–H and O–H groups in total. The molecule has 0 bridgehead atoms. The summed E-state index contributed by atoms with van der Waals surface area (Å²) < 4.78 is 14.0. The Balaban J connectivity index is 1.43. The quantitative estimate of drug-likeness (QED) is 0.723. The van der Waals surface area contributed by atoms with Gasteiger partial charge < -0.3 is 10.4 Å². The number of hydrogen-bond donors (Lipinski definition) is 2. The van der Waals surface area contributed by atoms with Crippen molar-refractivity contribution in [2.45, 2.75) is 44.3 Å².